The Balaban J connectivity index is 3.16. The van der Waals surface area contributed by atoms with Gasteiger partial charge in [-0.1, -0.05) is 69.8 Å². The molecule has 0 aromatic heterocycles. The van der Waals surface area contributed by atoms with Crippen LogP contribution < -0.4 is 0 Å². The van der Waals surface area contributed by atoms with Crippen LogP contribution in [0.3, 0.4) is 0 Å². The normalized spacial score (nSPS) is 11.9. The second-order valence-corrected chi connectivity index (χ2v) is 4.43. The minimum absolute atomic E-state index is 0.197. The van der Waals surface area contributed by atoms with Gasteiger partial charge in [0.2, 0.25) is 0 Å². The van der Waals surface area contributed by atoms with Crippen molar-refractivity contribution >= 4 is 6.08 Å². The van der Waals surface area contributed by atoms with E-state index in [1.54, 1.807) is 6.08 Å². The van der Waals surface area contributed by atoms with Gasteiger partial charge < -0.3 is 0 Å². The van der Waals surface area contributed by atoms with E-state index in [2.05, 4.69) is 57.7 Å². The molecule has 0 aliphatic carbocycles. The summed E-state index contributed by atoms with van der Waals surface area (Å²) in [4.78, 5) is 0. The standard InChI is InChI=1S/C14H18/c1-5-6-9-12-10-7-8-11-13(12)14(2,3)4/h5-11H,1H2,2-4H3/b9-6+. The molecule has 0 nitrogen and oxygen atoms in total. The van der Waals surface area contributed by atoms with Crippen LogP contribution in [0.2, 0.25) is 0 Å². The lowest BCUT2D eigenvalue weighted by atomic mass is 9.84. The van der Waals surface area contributed by atoms with E-state index in [4.69, 9.17) is 0 Å². The largest absolute Gasteiger partial charge is 0.0991 e. The number of rotatable bonds is 2. The summed E-state index contributed by atoms with van der Waals surface area (Å²) >= 11 is 0. The van der Waals surface area contributed by atoms with Gasteiger partial charge in [0.15, 0.2) is 0 Å². The molecule has 1 aromatic carbocycles. The Morgan fingerprint density at radius 2 is 1.79 bits per heavy atom. The third-order valence-electron chi connectivity index (χ3n) is 2.18. The Morgan fingerprint density at radius 3 is 2.36 bits per heavy atom. The minimum atomic E-state index is 0.197. The molecule has 0 atom stereocenters. The first-order valence-corrected chi connectivity index (χ1v) is 4.94. The third kappa shape index (κ3) is 2.59. The van der Waals surface area contributed by atoms with Crippen molar-refractivity contribution in [2.45, 2.75) is 26.2 Å². The smallest absolute Gasteiger partial charge is 0.0126 e. The predicted octanol–water partition coefficient (Wildman–Crippen LogP) is 4.18. The zero-order chi connectivity index (χ0) is 10.6. The Labute approximate surface area is 87.0 Å². The highest BCUT2D eigenvalue weighted by atomic mass is 14.2. The molecule has 0 heterocycles. The number of allylic oxidation sites excluding steroid dienone is 2. The highest BCUT2D eigenvalue weighted by Gasteiger charge is 2.15. The van der Waals surface area contributed by atoms with E-state index in [1.165, 1.54) is 11.1 Å². The van der Waals surface area contributed by atoms with Gasteiger partial charge in [0, 0.05) is 0 Å². The number of hydrogen-bond donors (Lipinski definition) is 0. The highest BCUT2D eigenvalue weighted by molar-refractivity contribution is 5.56. The summed E-state index contributed by atoms with van der Waals surface area (Å²) in [7, 11) is 0. The number of hydrogen-bond acceptors (Lipinski definition) is 0. The summed E-state index contributed by atoms with van der Waals surface area (Å²) in [5.41, 5.74) is 2.85. The second kappa shape index (κ2) is 4.28. The van der Waals surface area contributed by atoms with E-state index in [9.17, 15) is 0 Å². The van der Waals surface area contributed by atoms with Crippen LogP contribution >= 0.6 is 0 Å². The Kier molecular flexibility index (Phi) is 3.29. The third-order valence-corrected chi connectivity index (χ3v) is 2.18. The Morgan fingerprint density at radius 1 is 1.14 bits per heavy atom. The fourth-order valence-electron chi connectivity index (χ4n) is 1.50. The van der Waals surface area contributed by atoms with Gasteiger partial charge in [-0.25, -0.2) is 0 Å². The molecule has 1 rings (SSSR count). The van der Waals surface area contributed by atoms with Crippen molar-refractivity contribution in [1.29, 1.82) is 0 Å². The van der Waals surface area contributed by atoms with Crippen molar-refractivity contribution in [2.75, 3.05) is 0 Å². The van der Waals surface area contributed by atoms with Gasteiger partial charge in [0.1, 0.15) is 0 Å². The van der Waals surface area contributed by atoms with Gasteiger partial charge in [-0.15, -0.1) is 0 Å². The molecule has 0 radical (unpaired) electrons. The summed E-state index contributed by atoms with van der Waals surface area (Å²) in [5, 5.41) is 0. The first-order chi connectivity index (χ1) is 6.55. The summed E-state index contributed by atoms with van der Waals surface area (Å²) in [6.45, 7) is 10.4. The first kappa shape index (κ1) is 10.8. The molecule has 0 fully saturated rings. The monoisotopic (exact) mass is 186 g/mol. The lowest BCUT2D eigenvalue weighted by Gasteiger charge is -2.21. The van der Waals surface area contributed by atoms with Crippen LogP contribution in [0.25, 0.3) is 6.08 Å². The van der Waals surface area contributed by atoms with Gasteiger partial charge in [-0.05, 0) is 16.5 Å². The molecule has 0 N–H and O–H groups in total. The molecule has 0 bridgehead atoms. The van der Waals surface area contributed by atoms with Crippen molar-refractivity contribution in [3.05, 3.63) is 54.1 Å². The molecule has 0 unspecified atom stereocenters. The molecule has 0 amide bonds. The van der Waals surface area contributed by atoms with Crippen molar-refractivity contribution in [3.63, 3.8) is 0 Å². The van der Waals surface area contributed by atoms with Crippen molar-refractivity contribution < 1.29 is 0 Å². The van der Waals surface area contributed by atoms with Gasteiger partial charge >= 0.3 is 0 Å². The van der Waals surface area contributed by atoms with E-state index in [0.717, 1.165) is 0 Å². The molecule has 0 spiro atoms. The molecule has 0 heteroatoms. The van der Waals surface area contributed by atoms with Gasteiger partial charge in [0.25, 0.3) is 0 Å². The minimum Gasteiger partial charge on any atom is -0.0991 e. The molecule has 1 aromatic rings. The van der Waals surface area contributed by atoms with Crippen LogP contribution in [0.4, 0.5) is 0 Å². The fourth-order valence-corrected chi connectivity index (χ4v) is 1.50. The summed E-state index contributed by atoms with van der Waals surface area (Å²) in [6.07, 6.45) is 5.89. The summed E-state index contributed by atoms with van der Waals surface area (Å²) in [6, 6.07) is 8.48. The van der Waals surface area contributed by atoms with E-state index < -0.39 is 0 Å². The summed E-state index contributed by atoms with van der Waals surface area (Å²) in [5.74, 6) is 0. The molecule has 74 valence electrons. The quantitative estimate of drug-likeness (QED) is 0.608. The van der Waals surface area contributed by atoms with Gasteiger partial charge in [0.05, 0.1) is 0 Å². The Hall–Kier alpha value is -1.30. The van der Waals surface area contributed by atoms with Crippen LogP contribution in [-0.2, 0) is 5.41 Å². The van der Waals surface area contributed by atoms with Crippen LogP contribution in [0.5, 0.6) is 0 Å². The highest BCUT2D eigenvalue weighted by Crippen LogP contribution is 2.26. The average Bonchev–Trinajstić information content (AvgIpc) is 2.14. The fraction of sp³-hybridized carbons (Fsp3) is 0.286. The molecule has 14 heavy (non-hydrogen) atoms. The predicted molar refractivity (Wildman–Crippen MR) is 64.4 cm³/mol. The molecular formula is C14H18. The molecule has 0 saturated carbocycles. The summed E-state index contributed by atoms with van der Waals surface area (Å²) < 4.78 is 0. The van der Waals surface area contributed by atoms with E-state index in [1.807, 2.05) is 6.08 Å². The zero-order valence-electron chi connectivity index (χ0n) is 9.25. The van der Waals surface area contributed by atoms with Gasteiger partial charge in [-0.3, -0.25) is 0 Å². The molecule has 0 aliphatic rings. The molecular weight excluding hydrogens is 168 g/mol. The van der Waals surface area contributed by atoms with Crippen molar-refractivity contribution in [1.82, 2.24) is 0 Å². The SMILES string of the molecule is C=C/C=C/c1ccccc1C(C)(C)C. The van der Waals surface area contributed by atoms with E-state index >= 15 is 0 Å². The van der Waals surface area contributed by atoms with Crippen LogP contribution in [0.1, 0.15) is 31.9 Å². The maximum Gasteiger partial charge on any atom is -0.0126 e. The van der Waals surface area contributed by atoms with Crippen molar-refractivity contribution in [3.8, 4) is 0 Å². The van der Waals surface area contributed by atoms with Gasteiger partial charge in [-0.2, -0.15) is 0 Å². The molecule has 0 aliphatic heterocycles. The molecule has 0 saturated heterocycles. The lowest BCUT2D eigenvalue weighted by molar-refractivity contribution is 0.589. The topological polar surface area (TPSA) is 0 Å². The zero-order valence-corrected chi connectivity index (χ0v) is 9.25. The van der Waals surface area contributed by atoms with Crippen molar-refractivity contribution in [2.24, 2.45) is 0 Å². The maximum atomic E-state index is 3.68. The lowest BCUT2D eigenvalue weighted by Crippen LogP contribution is -2.12. The average molecular weight is 186 g/mol. The Bertz CT molecular complexity index is 337. The van der Waals surface area contributed by atoms with Crippen LogP contribution in [0, 0.1) is 0 Å². The maximum absolute atomic E-state index is 3.68. The van der Waals surface area contributed by atoms with E-state index in [-0.39, 0.29) is 5.41 Å². The van der Waals surface area contributed by atoms with Crippen LogP contribution in [-0.4, -0.2) is 0 Å². The second-order valence-electron chi connectivity index (χ2n) is 4.43. The first-order valence-electron chi connectivity index (χ1n) is 4.94. The van der Waals surface area contributed by atoms with Crippen LogP contribution in [0.15, 0.2) is 43.0 Å². The number of benzene rings is 1. The van der Waals surface area contributed by atoms with E-state index in [0.29, 0.717) is 0 Å².